The first-order chi connectivity index (χ1) is 28.4. The van der Waals surface area contributed by atoms with Crippen molar-refractivity contribution in [2.24, 2.45) is 0 Å². The van der Waals surface area contributed by atoms with E-state index < -0.39 is 0 Å². The zero-order valence-electron chi connectivity index (χ0n) is 33.7. The Hall–Kier alpha value is -7.16. The first-order valence-corrected chi connectivity index (χ1v) is 20.0. The molecule has 0 aromatic heterocycles. The molecule has 2 heteroatoms. The third kappa shape index (κ3) is 8.78. The minimum Gasteiger partial charge on any atom is -0.310 e. The topological polar surface area (TPSA) is 6.48 Å². The van der Waals surface area contributed by atoms with E-state index in [0.29, 0.717) is 0 Å². The highest BCUT2D eigenvalue weighted by Crippen LogP contribution is 2.41. The summed E-state index contributed by atoms with van der Waals surface area (Å²) in [5.41, 5.74) is 18.8. The molecule has 0 aliphatic carbocycles. The van der Waals surface area contributed by atoms with Crippen molar-refractivity contribution in [3.05, 3.63) is 239 Å². The number of rotatable bonds is 11. The van der Waals surface area contributed by atoms with Gasteiger partial charge in [0.05, 0.1) is 0 Å². The highest BCUT2D eigenvalue weighted by Gasteiger charge is 2.18. The van der Waals surface area contributed by atoms with Crippen LogP contribution >= 0.6 is 0 Å². The van der Waals surface area contributed by atoms with Crippen LogP contribution in [-0.4, -0.2) is 0 Å². The fraction of sp³-hybridized carbons (Fsp3) is 0.0714. The van der Waals surface area contributed by atoms with E-state index in [4.69, 9.17) is 0 Å². The molecule has 0 N–H and O–H groups in total. The van der Waals surface area contributed by atoms with Gasteiger partial charge in [-0.15, -0.1) is 0 Å². The standard InChI is InChI=1S/C56H48N2/c1-41-15-29-51(30-16-41)57(53-33-23-47(24-34-53)21-19-45-11-7-5-8-12-45)55-37-27-49(39-43(55)3)50-28-38-56(44(4)40-50)58(52-31-17-42(2)18-32-52)54-35-25-48(26-36-54)22-20-46-13-9-6-10-14-46/h5-40H,1-4H3. The molecular weight excluding hydrogens is 701 g/mol. The van der Waals surface area contributed by atoms with Gasteiger partial charge in [-0.2, -0.15) is 0 Å². The van der Waals surface area contributed by atoms with Crippen LogP contribution in [0.4, 0.5) is 34.1 Å². The fourth-order valence-electron chi connectivity index (χ4n) is 7.40. The van der Waals surface area contributed by atoms with Crippen LogP contribution in [-0.2, 0) is 0 Å². The van der Waals surface area contributed by atoms with Crippen molar-refractivity contribution in [3.63, 3.8) is 0 Å². The minimum absolute atomic E-state index is 1.12. The summed E-state index contributed by atoms with van der Waals surface area (Å²) < 4.78 is 0. The van der Waals surface area contributed by atoms with Crippen LogP contribution in [0.3, 0.4) is 0 Å². The van der Waals surface area contributed by atoms with Gasteiger partial charge in [-0.05, 0) is 145 Å². The third-order valence-corrected chi connectivity index (χ3v) is 10.6. The maximum atomic E-state index is 2.36. The molecule has 0 aliphatic rings. The average Bonchev–Trinajstić information content (AvgIpc) is 3.26. The molecule has 8 rings (SSSR count). The number of aryl methyl sites for hydroxylation is 4. The smallest absolute Gasteiger partial charge is 0.0491 e. The van der Waals surface area contributed by atoms with E-state index in [1.54, 1.807) is 0 Å². The van der Waals surface area contributed by atoms with Crippen LogP contribution in [0, 0.1) is 27.7 Å². The van der Waals surface area contributed by atoms with Crippen molar-refractivity contribution in [1.29, 1.82) is 0 Å². The first kappa shape index (κ1) is 37.7. The normalized spacial score (nSPS) is 11.3. The van der Waals surface area contributed by atoms with E-state index in [-0.39, 0.29) is 0 Å². The molecule has 8 aromatic rings. The molecule has 0 fully saturated rings. The van der Waals surface area contributed by atoms with Gasteiger partial charge < -0.3 is 9.80 Å². The van der Waals surface area contributed by atoms with Crippen molar-refractivity contribution in [2.45, 2.75) is 27.7 Å². The second kappa shape index (κ2) is 17.3. The molecule has 0 heterocycles. The Balaban J connectivity index is 1.09. The van der Waals surface area contributed by atoms with E-state index >= 15 is 0 Å². The van der Waals surface area contributed by atoms with E-state index in [2.05, 4.69) is 244 Å². The molecule has 0 aliphatic heterocycles. The lowest BCUT2D eigenvalue weighted by Crippen LogP contribution is -2.12. The predicted molar refractivity (Wildman–Crippen MR) is 251 cm³/mol. The van der Waals surface area contributed by atoms with Crippen LogP contribution in [0.5, 0.6) is 0 Å². The molecule has 8 aromatic carbocycles. The van der Waals surface area contributed by atoms with E-state index in [0.717, 1.165) is 45.3 Å². The summed E-state index contributed by atoms with van der Waals surface area (Å²) in [5.74, 6) is 0. The van der Waals surface area contributed by atoms with Crippen molar-refractivity contribution < 1.29 is 0 Å². The summed E-state index contributed by atoms with van der Waals surface area (Å²) in [6.07, 6.45) is 8.66. The molecule has 282 valence electrons. The van der Waals surface area contributed by atoms with Gasteiger partial charge in [-0.3, -0.25) is 0 Å². The third-order valence-electron chi connectivity index (χ3n) is 10.6. The van der Waals surface area contributed by atoms with Crippen LogP contribution < -0.4 is 9.80 Å². The van der Waals surface area contributed by atoms with E-state index in [9.17, 15) is 0 Å². The number of hydrogen-bond donors (Lipinski definition) is 0. The lowest BCUT2D eigenvalue weighted by atomic mass is 9.98. The molecule has 0 radical (unpaired) electrons. The van der Waals surface area contributed by atoms with Crippen molar-refractivity contribution in [1.82, 2.24) is 0 Å². The summed E-state index contributed by atoms with van der Waals surface area (Å²) in [4.78, 5) is 4.72. The second-order valence-electron chi connectivity index (χ2n) is 15.0. The van der Waals surface area contributed by atoms with Crippen molar-refractivity contribution in [2.75, 3.05) is 9.80 Å². The van der Waals surface area contributed by atoms with Gasteiger partial charge in [-0.1, -0.05) is 157 Å². The highest BCUT2D eigenvalue weighted by molar-refractivity contribution is 5.84. The van der Waals surface area contributed by atoms with Gasteiger partial charge in [0, 0.05) is 34.1 Å². The molecule has 58 heavy (non-hydrogen) atoms. The SMILES string of the molecule is Cc1ccc(N(c2ccc(C=Cc3ccccc3)cc2)c2ccc(-c3ccc(N(c4ccc(C)cc4)c4ccc(C=Cc5ccccc5)cc4)c(C)c3)cc2C)cc1. The molecule has 0 saturated heterocycles. The Morgan fingerprint density at radius 3 is 0.897 bits per heavy atom. The largest absolute Gasteiger partial charge is 0.310 e. The fourth-order valence-corrected chi connectivity index (χ4v) is 7.40. The minimum atomic E-state index is 1.12. The lowest BCUT2D eigenvalue weighted by molar-refractivity contribution is 1.24. The highest BCUT2D eigenvalue weighted by atomic mass is 15.1. The van der Waals surface area contributed by atoms with E-state index in [1.165, 1.54) is 44.5 Å². The Kier molecular flexibility index (Phi) is 11.3. The Morgan fingerprint density at radius 2 is 0.586 bits per heavy atom. The van der Waals surface area contributed by atoms with Crippen LogP contribution in [0.2, 0.25) is 0 Å². The van der Waals surface area contributed by atoms with Gasteiger partial charge in [0.25, 0.3) is 0 Å². The maximum absolute atomic E-state index is 2.36. The first-order valence-electron chi connectivity index (χ1n) is 20.0. The summed E-state index contributed by atoms with van der Waals surface area (Å²) in [5, 5.41) is 0. The van der Waals surface area contributed by atoms with Crippen LogP contribution in [0.1, 0.15) is 44.5 Å². The quantitative estimate of drug-likeness (QED) is 0.122. The van der Waals surface area contributed by atoms with E-state index in [1.807, 2.05) is 12.1 Å². The number of nitrogens with zero attached hydrogens (tertiary/aromatic N) is 2. The zero-order chi connectivity index (χ0) is 39.8. The van der Waals surface area contributed by atoms with Gasteiger partial charge in [-0.25, -0.2) is 0 Å². The van der Waals surface area contributed by atoms with Gasteiger partial charge in [0.1, 0.15) is 0 Å². The molecule has 0 atom stereocenters. The molecule has 0 bridgehead atoms. The second-order valence-corrected chi connectivity index (χ2v) is 15.0. The molecule has 2 nitrogen and oxygen atoms in total. The molecule has 0 amide bonds. The molecule has 0 saturated carbocycles. The summed E-state index contributed by atoms with van der Waals surface area (Å²) in [6, 6.07) is 69.8. The molecular formula is C56H48N2. The van der Waals surface area contributed by atoms with Crippen LogP contribution in [0.25, 0.3) is 35.4 Å². The Bertz CT molecular complexity index is 2460. The molecule has 0 unspecified atom stereocenters. The van der Waals surface area contributed by atoms with Crippen molar-refractivity contribution in [3.8, 4) is 11.1 Å². The maximum Gasteiger partial charge on any atom is 0.0491 e. The zero-order valence-corrected chi connectivity index (χ0v) is 33.7. The number of hydrogen-bond acceptors (Lipinski definition) is 2. The summed E-state index contributed by atoms with van der Waals surface area (Å²) in [7, 11) is 0. The average molecular weight is 749 g/mol. The Labute approximate surface area is 344 Å². The predicted octanol–water partition coefficient (Wildman–Crippen LogP) is 15.9. The monoisotopic (exact) mass is 748 g/mol. The van der Waals surface area contributed by atoms with Gasteiger partial charge in [0.15, 0.2) is 0 Å². The number of anilines is 6. The number of benzene rings is 8. The Morgan fingerprint density at radius 1 is 0.293 bits per heavy atom. The summed E-state index contributed by atoms with van der Waals surface area (Å²) >= 11 is 0. The van der Waals surface area contributed by atoms with Crippen LogP contribution in [0.15, 0.2) is 194 Å². The van der Waals surface area contributed by atoms with Gasteiger partial charge in [0.2, 0.25) is 0 Å². The van der Waals surface area contributed by atoms with Crippen molar-refractivity contribution >= 4 is 58.4 Å². The lowest BCUT2D eigenvalue weighted by Gasteiger charge is -2.28. The van der Waals surface area contributed by atoms with Gasteiger partial charge >= 0.3 is 0 Å². The molecule has 0 spiro atoms. The summed E-state index contributed by atoms with van der Waals surface area (Å²) in [6.45, 7) is 8.71.